The van der Waals surface area contributed by atoms with Crippen LogP contribution < -0.4 is 10.2 Å². The van der Waals surface area contributed by atoms with Crippen LogP contribution in [0.5, 0.6) is 0 Å². The Bertz CT molecular complexity index is 871. The average Bonchev–Trinajstić information content (AvgIpc) is 2.75. The maximum atomic E-state index is 13.5. The minimum Gasteiger partial charge on any atom is -0.351 e. The van der Waals surface area contributed by atoms with Crippen molar-refractivity contribution in [2.75, 3.05) is 10.8 Å². The zero-order valence-corrected chi connectivity index (χ0v) is 19.1. The van der Waals surface area contributed by atoms with E-state index in [2.05, 4.69) is 12.2 Å². The van der Waals surface area contributed by atoms with E-state index in [1.807, 2.05) is 0 Å². The summed E-state index contributed by atoms with van der Waals surface area (Å²) in [6.45, 7) is 2.16. The number of hydrogen-bond acceptors (Lipinski definition) is 2. The summed E-state index contributed by atoms with van der Waals surface area (Å²) in [6.07, 6.45) is 4.28. The normalized spacial score (nSPS) is 19.7. The maximum absolute atomic E-state index is 13.5. The molecule has 1 N–H and O–H groups in total. The molecule has 2 aromatic carbocycles. The molecule has 1 fully saturated rings. The molecule has 1 saturated carbocycles. The molecule has 7 heteroatoms. The lowest BCUT2D eigenvalue weighted by atomic mass is 9.85. The molecule has 0 aliphatic heterocycles. The second-order valence-electron chi connectivity index (χ2n) is 7.70. The van der Waals surface area contributed by atoms with Crippen molar-refractivity contribution in [2.24, 2.45) is 5.92 Å². The highest BCUT2D eigenvalue weighted by Crippen LogP contribution is 2.31. The van der Waals surface area contributed by atoms with E-state index in [0.717, 1.165) is 19.3 Å². The fraction of sp³-hybridized carbons (Fsp3) is 0.391. The molecule has 160 valence electrons. The number of hydrogen-bond donors (Lipinski definition) is 1. The van der Waals surface area contributed by atoms with Crippen LogP contribution in [0.1, 0.15) is 44.2 Å². The summed E-state index contributed by atoms with van der Waals surface area (Å²) in [5.74, 6) is -0.462. The number of alkyl halides is 1. The van der Waals surface area contributed by atoms with E-state index in [-0.39, 0.29) is 23.7 Å². The molecule has 3 atom stereocenters. The first-order valence-electron chi connectivity index (χ1n) is 10.1. The van der Waals surface area contributed by atoms with Crippen LogP contribution in [0.4, 0.5) is 5.69 Å². The monoisotopic (exact) mass is 466 g/mol. The van der Waals surface area contributed by atoms with Gasteiger partial charge in [-0.3, -0.25) is 14.5 Å². The zero-order valence-electron chi connectivity index (χ0n) is 16.8. The molecule has 0 unspecified atom stereocenters. The minimum absolute atomic E-state index is 0.0826. The van der Waals surface area contributed by atoms with E-state index in [9.17, 15) is 9.59 Å². The summed E-state index contributed by atoms with van der Waals surface area (Å²) in [7, 11) is 0. The van der Waals surface area contributed by atoms with E-state index in [0.29, 0.717) is 27.2 Å². The molecular formula is C23H25Cl3N2O2. The van der Waals surface area contributed by atoms with Gasteiger partial charge in [0.15, 0.2) is 0 Å². The molecule has 1 aliphatic carbocycles. The predicted octanol–water partition coefficient (Wildman–Crippen LogP) is 6.00. The summed E-state index contributed by atoms with van der Waals surface area (Å²) in [5, 5.41) is 4.29. The first kappa shape index (κ1) is 22.9. The lowest BCUT2D eigenvalue weighted by Gasteiger charge is -2.35. The van der Waals surface area contributed by atoms with Crippen molar-refractivity contribution in [1.29, 1.82) is 0 Å². The summed E-state index contributed by atoms with van der Waals surface area (Å²) in [5.41, 5.74) is 1.21. The van der Waals surface area contributed by atoms with Gasteiger partial charge in [0.05, 0.1) is 0 Å². The number of nitrogens with zero attached hydrogens (tertiary/aromatic N) is 1. The van der Waals surface area contributed by atoms with Gasteiger partial charge in [0.2, 0.25) is 11.8 Å². The third kappa shape index (κ3) is 5.48. The van der Waals surface area contributed by atoms with Gasteiger partial charge in [-0.25, -0.2) is 0 Å². The molecule has 0 radical (unpaired) electrons. The second kappa shape index (κ2) is 10.5. The number of nitrogens with one attached hydrogen (secondary N) is 1. The van der Waals surface area contributed by atoms with Crippen LogP contribution in [0, 0.1) is 5.92 Å². The molecule has 0 aromatic heterocycles. The number of carbonyl (C=O) groups excluding carboxylic acids is 2. The van der Waals surface area contributed by atoms with Crippen molar-refractivity contribution in [1.82, 2.24) is 5.32 Å². The van der Waals surface area contributed by atoms with Crippen LogP contribution in [-0.2, 0) is 9.59 Å². The van der Waals surface area contributed by atoms with E-state index in [4.69, 9.17) is 34.8 Å². The van der Waals surface area contributed by atoms with Gasteiger partial charge in [-0.2, -0.15) is 0 Å². The Balaban J connectivity index is 2.01. The molecule has 0 saturated heterocycles. The first-order valence-corrected chi connectivity index (χ1v) is 11.4. The van der Waals surface area contributed by atoms with Crippen LogP contribution >= 0.6 is 34.8 Å². The van der Waals surface area contributed by atoms with Gasteiger partial charge in [0.25, 0.3) is 0 Å². The molecule has 0 heterocycles. The van der Waals surface area contributed by atoms with Gasteiger partial charge < -0.3 is 5.32 Å². The Kier molecular flexibility index (Phi) is 8.04. The molecule has 2 amide bonds. The number of anilines is 1. The number of benzene rings is 2. The smallest absolute Gasteiger partial charge is 0.248 e. The second-order valence-corrected chi connectivity index (χ2v) is 8.84. The fourth-order valence-corrected chi connectivity index (χ4v) is 4.34. The lowest BCUT2D eigenvalue weighted by molar-refractivity contribution is -0.126. The Hall–Kier alpha value is -1.75. The molecule has 0 spiro atoms. The van der Waals surface area contributed by atoms with Gasteiger partial charge in [-0.05, 0) is 60.7 Å². The fourth-order valence-electron chi connectivity index (χ4n) is 3.96. The van der Waals surface area contributed by atoms with Gasteiger partial charge in [0, 0.05) is 21.8 Å². The van der Waals surface area contributed by atoms with E-state index < -0.39 is 6.04 Å². The van der Waals surface area contributed by atoms with Crippen molar-refractivity contribution in [3.05, 3.63) is 64.1 Å². The van der Waals surface area contributed by atoms with Crippen LogP contribution in [0.25, 0.3) is 0 Å². The van der Waals surface area contributed by atoms with Gasteiger partial charge >= 0.3 is 0 Å². The van der Waals surface area contributed by atoms with Crippen molar-refractivity contribution < 1.29 is 9.59 Å². The SMILES string of the molecule is C[C@@H]1CCCC[C@@H]1NC(=O)[C@@H](c1ccc(Cl)cc1)N(C(=O)CCl)c1ccc(Cl)cc1. The van der Waals surface area contributed by atoms with Crippen LogP contribution in [0.3, 0.4) is 0 Å². The highest BCUT2D eigenvalue weighted by atomic mass is 35.5. The van der Waals surface area contributed by atoms with Crippen molar-refractivity contribution in [3.8, 4) is 0 Å². The van der Waals surface area contributed by atoms with Gasteiger partial charge in [-0.15, -0.1) is 11.6 Å². The van der Waals surface area contributed by atoms with E-state index in [1.54, 1.807) is 48.5 Å². The highest BCUT2D eigenvalue weighted by molar-refractivity contribution is 6.31. The van der Waals surface area contributed by atoms with Gasteiger partial charge in [0.1, 0.15) is 11.9 Å². The van der Waals surface area contributed by atoms with Crippen LogP contribution in [0.15, 0.2) is 48.5 Å². The standard InChI is InChI=1S/C23H25Cl3N2O2/c1-15-4-2-3-5-20(15)27-23(30)22(16-6-8-17(25)9-7-16)28(21(29)14-24)19-12-10-18(26)11-13-19/h6-13,15,20,22H,2-5,14H2,1H3,(H,27,30)/t15-,20+,22-/m1/s1. The third-order valence-corrected chi connectivity index (χ3v) is 6.35. The molecule has 2 aromatic rings. The largest absolute Gasteiger partial charge is 0.351 e. The van der Waals surface area contributed by atoms with Crippen molar-refractivity contribution in [2.45, 2.75) is 44.7 Å². The van der Waals surface area contributed by atoms with Crippen molar-refractivity contribution >= 4 is 52.3 Å². The Morgan fingerprint density at radius 1 is 1.00 bits per heavy atom. The number of rotatable bonds is 6. The lowest BCUT2D eigenvalue weighted by Crippen LogP contribution is -2.49. The van der Waals surface area contributed by atoms with E-state index in [1.165, 1.54) is 11.3 Å². The summed E-state index contributed by atoms with van der Waals surface area (Å²) in [6, 6.07) is 13.0. The summed E-state index contributed by atoms with van der Waals surface area (Å²) >= 11 is 18.0. The summed E-state index contributed by atoms with van der Waals surface area (Å²) < 4.78 is 0. The molecule has 0 bridgehead atoms. The van der Waals surface area contributed by atoms with Crippen molar-refractivity contribution in [3.63, 3.8) is 0 Å². The van der Waals surface area contributed by atoms with Gasteiger partial charge in [-0.1, -0.05) is 55.1 Å². The molecule has 1 aliphatic rings. The number of carbonyl (C=O) groups is 2. The predicted molar refractivity (Wildman–Crippen MR) is 123 cm³/mol. The molecule has 4 nitrogen and oxygen atoms in total. The molecular weight excluding hydrogens is 443 g/mol. The topological polar surface area (TPSA) is 49.4 Å². The average molecular weight is 468 g/mol. The van der Waals surface area contributed by atoms with Crippen LogP contribution in [-0.4, -0.2) is 23.7 Å². The van der Waals surface area contributed by atoms with Crippen LogP contribution in [0.2, 0.25) is 10.0 Å². The Morgan fingerprint density at radius 3 is 2.13 bits per heavy atom. The first-order chi connectivity index (χ1) is 14.4. The number of halogens is 3. The Morgan fingerprint density at radius 2 is 1.57 bits per heavy atom. The number of amides is 2. The Labute approximate surface area is 192 Å². The summed E-state index contributed by atoms with van der Waals surface area (Å²) in [4.78, 5) is 27.9. The molecule has 30 heavy (non-hydrogen) atoms. The zero-order chi connectivity index (χ0) is 21.7. The maximum Gasteiger partial charge on any atom is 0.248 e. The highest BCUT2D eigenvalue weighted by Gasteiger charge is 2.34. The quantitative estimate of drug-likeness (QED) is 0.530. The minimum atomic E-state index is -0.871. The third-order valence-electron chi connectivity index (χ3n) is 5.62. The molecule has 3 rings (SSSR count). The van der Waals surface area contributed by atoms with E-state index >= 15 is 0 Å².